The number of urea groups is 1. The van der Waals surface area contributed by atoms with E-state index < -0.39 is 6.04 Å². The van der Waals surface area contributed by atoms with E-state index in [0.717, 1.165) is 37.2 Å². The molecule has 4 aliphatic rings. The molecule has 0 bridgehead atoms. The highest BCUT2D eigenvalue weighted by Crippen LogP contribution is 2.35. The maximum atomic E-state index is 13.3. The number of rotatable bonds is 4. The molecule has 1 aliphatic carbocycles. The number of thioether (sulfide) groups is 1. The zero-order valence-electron chi connectivity index (χ0n) is 17.7. The Kier molecular flexibility index (Phi) is 5.86. The van der Waals surface area contributed by atoms with Gasteiger partial charge in [-0.1, -0.05) is 19.3 Å². The number of furan rings is 1. The summed E-state index contributed by atoms with van der Waals surface area (Å²) in [5.74, 6) is 1.67. The lowest BCUT2D eigenvalue weighted by atomic mass is 9.95. The third kappa shape index (κ3) is 4.16. The molecule has 0 aromatic carbocycles. The summed E-state index contributed by atoms with van der Waals surface area (Å²) in [6, 6.07) is 3.04. The number of carbonyl (C=O) groups excluding carboxylic acids is 3. The molecule has 5 rings (SSSR count). The van der Waals surface area contributed by atoms with Gasteiger partial charge in [-0.2, -0.15) is 0 Å². The van der Waals surface area contributed by atoms with Crippen molar-refractivity contribution in [1.29, 1.82) is 0 Å². The lowest BCUT2D eigenvalue weighted by Gasteiger charge is -2.47. The highest BCUT2D eigenvalue weighted by molar-refractivity contribution is 7.99. The maximum Gasteiger partial charge on any atom is 0.317 e. The molecular weight excluding hydrogens is 416 g/mol. The summed E-state index contributed by atoms with van der Waals surface area (Å²) in [5, 5.41) is 3.36. The van der Waals surface area contributed by atoms with Crippen LogP contribution < -0.4 is 5.32 Å². The number of fused-ring (bicyclic) bond motifs is 2. The van der Waals surface area contributed by atoms with Gasteiger partial charge in [0.1, 0.15) is 17.8 Å². The second-order valence-electron chi connectivity index (χ2n) is 9.03. The van der Waals surface area contributed by atoms with E-state index in [1.165, 1.54) is 6.42 Å². The third-order valence-corrected chi connectivity index (χ3v) is 8.30. The van der Waals surface area contributed by atoms with E-state index in [-0.39, 0.29) is 41.7 Å². The van der Waals surface area contributed by atoms with Crippen molar-refractivity contribution < 1.29 is 18.8 Å². The van der Waals surface area contributed by atoms with Crippen molar-refractivity contribution in [2.75, 3.05) is 26.2 Å². The Morgan fingerprint density at radius 1 is 1.06 bits per heavy atom. The molecule has 1 N–H and O–H groups in total. The summed E-state index contributed by atoms with van der Waals surface area (Å²) in [4.78, 5) is 44.4. The summed E-state index contributed by atoms with van der Waals surface area (Å²) < 4.78 is 5.40. The van der Waals surface area contributed by atoms with E-state index in [9.17, 15) is 14.4 Å². The fourth-order valence-corrected chi connectivity index (χ4v) is 6.48. The minimum atomic E-state index is -0.552. The van der Waals surface area contributed by atoms with Crippen LogP contribution in [0, 0.1) is 0 Å². The van der Waals surface area contributed by atoms with Crippen LogP contribution in [0.5, 0.6) is 0 Å². The predicted octanol–water partition coefficient (Wildman–Crippen LogP) is 2.05. The molecule has 168 valence electrons. The van der Waals surface area contributed by atoms with Crippen molar-refractivity contribution >= 4 is 29.6 Å². The first-order chi connectivity index (χ1) is 15.1. The Morgan fingerprint density at radius 3 is 2.65 bits per heavy atom. The molecular formula is C22H30N4O4S. The minimum absolute atomic E-state index is 0.0131. The lowest BCUT2D eigenvalue weighted by Crippen LogP contribution is -2.69. The molecule has 1 aromatic heterocycles. The van der Waals surface area contributed by atoms with Crippen LogP contribution in [-0.4, -0.2) is 82.1 Å². The quantitative estimate of drug-likeness (QED) is 0.765. The van der Waals surface area contributed by atoms with Crippen LogP contribution in [0.3, 0.4) is 0 Å². The number of piperazine rings is 2. The molecule has 3 aliphatic heterocycles. The lowest BCUT2D eigenvalue weighted by molar-refractivity contribution is -0.162. The van der Waals surface area contributed by atoms with Crippen LogP contribution in [0.15, 0.2) is 22.8 Å². The van der Waals surface area contributed by atoms with Crippen LogP contribution in [0.2, 0.25) is 0 Å². The summed E-state index contributed by atoms with van der Waals surface area (Å²) >= 11 is 1.74. The minimum Gasteiger partial charge on any atom is -0.468 e. The van der Waals surface area contributed by atoms with Gasteiger partial charge in [0.05, 0.1) is 18.6 Å². The van der Waals surface area contributed by atoms with Gasteiger partial charge in [0, 0.05) is 30.9 Å². The summed E-state index contributed by atoms with van der Waals surface area (Å²) in [6.07, 6.45) is 7.95. The standard InChI is InChI=1S/C22H30N4O4S/c27-20-18-11-17(31-14-16-7-4-10-30-16)12-26(18)21(28)19-13-24(8-9-25(19)20)22(29)23-15-5-2-1-3-6-15/h4,7,10,15,17-19H,1-3,5-6,8-9,11-14H2,(H,23,29)/t17-,18-,19-/m0/s1. The first-order valence-electron chi connectivity index (χ1n) is 11.4. The zero-order chi connectivity index (χ0) is 21.4. The van der Waals surface area contributed by atoms with Crippen LogP contribution >= 0.6 is 11.8 Å². The number of nitrogens with zero attached hydrogens (tertiary/aromatic N) is 3. The fourth-order valence-electron chi connectivity index (χ4n) is 5.33. The molecule has 0 spiro atoms. The number of hydrogen-bond donors (Lipinski definition) is 1. The van der Waals surface area contributed by atoms with Crippen LogP contribution in [0.25, 0.3) is 0 Å². The van der Waals surface area contributed by atoms with E-state index >= 15 is 0 Å². The number of hydrogen-bond acceptors (Lipinski definition) is 5. The topological polar surface area (TPSA) is 86.1 Å². The molecule has 31 heavy (non-hydrogen) atoms. The monoisotopic (exact) mass is 446 g/mol. The Hall–Kier alpha value is -2.16. The number of nitrogens with one attached hydrogen (secondary N) is 1. The van der Waals surface area contributed by atoms with E-state index in [0.29, 0.717) is 26.1 Å². The molecule has 1 saturated carbocycles. The molecule has 8 nitrogen and oxygen atoms in total. The van der Waals surface area contributed by atoms with Gasteiger partial charge in [-0.05, 0) is 31.4 Å². The van der Waals surface area contributed by atoms with Gasteiger partial charge >= 0.3 is 6.03 Å². The number of carbonyl (C=O) groups is 3. The van der Waals surface area contributed by atoms with Gasteiger partial charge in [0.15, 0.2) is 0 Å². The highest BCUT2D eigenvalue weighted by Gasteiger charge is 2.52. The Morgan fingerprint density at radius 2 is 1.87 bits per heavy atom. The Labute approximate surface area is 186 Å². The molecule has 9 heteroatoms. The molecule has 4 fully saturated rings. The SMILES string of the molecule is O=C(NC1CCCCC1)N1CCN2C(=O)[C@@H]3C[C@H](SCc4ccco4)CN3C(=O)[C@@H]2C1. The molecule has 4 amide bonds. The van der Waals surface area contributed by atoms with Gasteiger partial charge < -0.3 is 24.4 Å². The first kappa shape index (κ1) is 20.7. The van der Waals surface area contributed by atoms with Crippen LogP contribution in [-0.2, 0) is 15.3 Å². The molecule has 3 saturated heterocycles. The summed E-state index contributed by atoms with van der Waals surface area (Å²) in [7, 11) is 0. The highest BCUT2D eigenvalue weighted by atomic mass is 32.2. The average Bonchev–Trinajstić information content (AvgIpc) is 3.46. The van der Waals surface area contributed by atoms with Crippen molar-refractivity contribution in [2.45, 2.75) is 67.7 Å². The van der Waals surface area contributed by atoms with Gasteiger partial charge in [0.2, 0.25) is 11.8 Å². The summed E-state index contributed by atoms with van der Waals surface area (Å²) in [6.45, 7) is 1.79. The Balaban J connectivity index is 1.20. The van der Waals surface area contributed by atoms with E-state index in [1.54, 1.807) is 32.7 Å². The van der Waals surface area contributed by atoms with Crippen LogP contribution in [0.1, 0.15) is 44.3 Å². The average molecular weight is 447 g/mol. The van der Waals surface area contributed by atoms with Gasteiger partial charge in [0.25, 0.3) is 0 Å². The van der Waals surface area contributed by atoms with Crippen molar-refractivity contribution in [1.82, 2.24) is 20.0 Å². The van der Waals surface area contributed by atoms with E-state index in [2.05, 4.69) is 5.32 Å². The Bertz CT molecular complexity index is 825. The van der Waals surface area contributed by atoms with Crippen molar-refractivity contribution in [3.8, 4) is 0 Å². The van der Waals surface area contributed by atoms with Gasteiger partial charge in [-0.3, -0.25) is 9.59 Å². The molecule has 4 heterocycles. The maximum absolute atomic E-state index is 13.3. The smallest absolute Gasteiger partial charge is 0.317 e. The van der Waals surface area contributed by atoms with E-state index in [1.807, 2.05) is 12.1 Å². The van der Waals surface area contributed by atoms with Gasteiger partial charge in [-0.25, -0.2) is 4.79 Å². The predicted molar refractivity (Wildman–Crippen MR) is 116 cm³/mol. The second kappa shape index (κ2) is 8.76. The molecule has 3 atom stereocenters. The first-order valence-corrected chi connectivity index (χ1v) is 12.5. The molecule has 0 unspecified atom stereocenters. The largest absolute Gasteiger partial charge is 0.468 e. The fraction of sp³-hybridized carbons (Fsp3) is 0.682. The van der Waals surface area contributed by atoms with Crippen molar-refractivity contribution in [3.05, 3.63) is 24.2 Å². The zero-order valence-corrected chi connectivity index (χ0v) is 18.5. The molecule has 0 radical (unpaired) electrons. The third-order valence-electron chi connectivity index (χ3n) is 7.04. The van der Waals surface area contributed by atoms with Crippen LogP contribution in [0.4, 0.5) is 4.79 Å². The molecule has 1 aromatic rings. The van der Waals surface area contributed by atoms with Crippen molar-refractivity contribution in [2.24, 2.45) is 0 Å². The summed E-state index contributed by atoms with van der Waals surface area (Å²) in [5.41, 5.74) is 0. The van der Waals surface area contributed by atoms with Gasteiger partial charge in [-0.15, -0.1) is 11.8 Å². The van der Waals surface area contributed by atoms with Crippen molar-refractivity contribution in [3.63, 3.8) is 0 Å². The van der Waals surface area contributed by atoms with E-state index in [4.69, 9.17) is 4.42 Å². The second-order valence-corrected chi connectivity index (χ2v) is 10.3. The number of amides is 4. The normalized spacial score (nSPS) is 29.2.